The van der Waals surface area contributed by atoms with Gasteiger partial charge in [-0.1, -0.05) is 26.7 Å². The van der Waals surface area contributed by atoms with Gasteiger partial charge in [0.1, 0.15) is 0 Å². The molecule has 0 spiro atoms. The number of nitrogens with zero attached hydrogens (tertiary/aromatic N) is 2. The summed E-state index contributed by atoms with van der Waals surface area (Å²) in [5.41, 5.74) is 10.5. The van der Waals surface area contributed by atoms with E-state index < -0.39 is 25.2 Å². The smallest absolute Gasteiger partial charge is 0.350 e. The minimum absolute atomic E-state index is 0.898. The standard InChI is InChI=1S/C35H49BrN4O2Si3/c1-10-12-14-25-27-17-16-24(37-27)22-33-34(45(9,41-43(3,4)5)42-44(6,7)8)23-32(40-33)26(15-13-11-2)29-19-21-31(39-29)35(36)30-20-18-28(25)38-30/h16-23,37,40H,10-15H2,1-9H3. The highest BCUT2D eigenvalue weighted by atomic mass is 79.9. The van der Waals surface area contributed by atoms with E-state index in [0.29, 0.717) is 0 Å². The zero-order chi connectivity index (χ0) is 32.6. The Morgan fingerprint density at radius 1 is 0.644 bits per heavy atom. The van der Waals surface area contributed by atoms with Crippen molar-refractivity contribution in [2.24, 2.45) is 0 Å². The molecule has 240 valence electrons. The van der Waals surface area contributed by atoms with Crippen molar-refractivity contribution in [2.45, 2.75) is 98.2 Å². The molecule has 2 aliphatic heterocycles. The van der Waals surface area contributed by atoms with Gasteiger partial charge in [-0.3, -0.25) is 0 Å². The van der Waals surface area contributed by atoms with Crippen LogP contribution in [-0.2, 0) is 21.1 Å². The molecule has 6 nitrogen and oxygen atoms in total. The number of unbranched alkanes of at least 4 members (excludes halogenated alkanes) is 2. The van der Waals surface area contributed by atoms with E-state index in [9.17, 15) is 0 Å². The molecule has 5 rings (SSSR count). The molecule has 2 N–H and O–H groups in total. The number of rotatable bonds is 11. The van der Waals surface area contributed by atoms with E-state index in [-0.39, 0.29) is 0 Å². The third-order valence-corrected chi connectivity index (χ3v) is 18.1. The normalized spacial score (nSPS) is 13.6. The number of aromatic nitrogens is 4. The molecule has 0 aliphatic carbocycles. The fraction of sp³-hybridized carbons (Fsp3) is 0.429. The summed E-state index contributed by atoms with van der Waals surface area (Å²) >= 11 is 3.87. The van der Waals surface area contributed by atoms with Crippen molar-refractivity contribution >= 4 is 92.7 Å². The maximum atomic E-state index is 7.10. The summed E-state index contributed by atoms with van der Waals surface area (Å²) < 4.78 is 15.1. The molecule has 0 aromatic carbocycles. The zero-order valence-electron chi connectivity index (χ0n) is 28.5. The summed E-state index contributed by atoms with van der Waals surface area (Å²) in [6.45, 7) is 20.3. The first-order valence-corrected chi connectivity index (χ1v) is 26.3. The van der Waals surface area contributed by atoms with E-state index in [2.05, 4.69) is 134 Å². The molecule has 5 heterocycles. The molecule has 3 aromatic rings. The summed E-state index contributed by atoms with van der Waals surface area (Å²) in [7, 11) is -6.76. The number of fused-ring (bicyclic) bond motifs is 8. The van der Waals surface area contributed by atoms with Crippen molar-refractivity contribution in [3.8, 4) is 0 Å². The Balaban J connectivity index is 1.92. The minimum atomic E-state index is -2.84. The van der Waals surface area contributed by atoms with Crippen LogP contribution in [-0.4, -0.2) is 45.1 Å². The van der Waals surface area contributed by atoms with Gasteiger partial charge in [-0.05, 0) is 136 Å². The minimum Gasteiger partial charge on any atom is -0.433 e. The van der Waals surface area contributed by atoms with E-state index in [0.717, 1.165) is 93.0 Å². The van der Waals surface area contributed by atoms with Crippen LogP contribution in [0.15, 0.2) is 28.7 Å². The number of hydrogen-bond acceptors (Lipinski definition) is 4. The number of hydrogen-bond donors (Lipinski definition) is 2. The van der Waals surface area contributed by atoms with Crippen molar-refractivity contribution < 1.29 is 8.23 Å². The molecule has 0 saturated heterocycles. The first-order chi connectivity index (χ1) is 21.2. The fourth-order valence-electron chi connectivity index (χ4n) is 6.19. The summed E-state index contributed by atoms with van der Waals surface area (Å²) in [5, 5.41) is 1.16. The monoisotopic (exact) mass is 720 g/mol. The topological polar surface area (TPSA) is 75.8 Å². The molecule has 0 amide bonds. The molecular weight excluding hydrogens is 673 g/mol. The molecule has 0 unspecified atom stereocenters. The summed E-state index contributed by atoms with van der Waals surface area (Å²) in [4.78, 5) is 17.9. The second-order valence-electron chi connectivity index (χ2n) is 14.3. The van der Waals surface area contributed by atoms with Crippen LogP contribution in [0.1, 0.15) is 73.4 Å². The molecule has 10 heteroatoms. The Labute approximate surface area is 280 Å². The van der Waals surface area contributed by atoms with Crippen molar-refractivity contribution in [2.75, 3.05) is 0 Å². The Hall–Kier alpha value is -2.35. The predicted molar refractivity (Wildman–Crippen MR) is 204 cm³/mol. The van der Waals surface area contributed by atoms with Crippen LogP contribution >= 0.6 is 15.9 Å². The first-order valence-electron chi connectivity index (χ1n) is 16.4. The van der Waals surface area contributed by atoms with Gasteiger partial charge in [0.2, 0.25) is 0 Å². The van der Waals surface area contributed by atoms with E-state index in [1.807, 2.05) is 0 Å². The highest BCUT2D eigenvalue weighted by Gasteiger charge is 2.43. The van der Waals surface area contributed by atoms with Crippen LogP contribution in [0.25, 0.3) is 46.4 Å². The van der Waals surface area contributed by atoms with Crippen LogP contribution < -0.4 is 5.19 Å². The second-order valence-corrected chi connectivity index (χ2v) is 27.6. The van der Waals surface area contributed by atoms with Crippen LogP contribution in [0.2, 0.25) is 45.8 Å². The maximum Gasteiger partial charge on any atom is 0.350 e. The Morgan fingerprint density at radius 2 is 1.16 bits per heavy atom. The van der Waals surface area contributed by atoms with Gasteiger partial charge in [0, 0.05) is 38.4 Å². The van der Waals surface area contributed by atoms with E-state index in [4.69, 9.17) is 18.2 Å². The molecule has 45 heavy (non-hydrogen) atoms. The molecule has 2 aliphatic rings. The van der Waals surface area contributed by atoms with Gasteiger partial charge < -0.3 is 18.2 Å². The van der Waals surface area contributed by atoms with E-state index in [1.165, 1.54) is 11.1 Å². The Kier molecular flexibility index (Phi) is 10.1. The third kappa shape index (κ3) is 7.97. The van der Waals surface area contributed by atoms with Gasteiger partial charge in [0.05, 0.1) is 27.2 Å². The van der Waals surface area contributed by atoms with Gasteiger partial charge in [-0.25, -0.2) is 9.97 Å². The summed E-state index contributed by atoms with van der Waals surface area (Å²) in [6.07, 6.45) is 14.8. The SMILES string of the molecule is CCCCc1c2nc(c(Br)c3nc(c(CCCC)c4cc([Si](C)(O[Si](C)(C)C)O[Si](C)(C)C)c(cc5ccc1[nH]5)[nH]4)C=C3)C=C2. The zero-order valence-corrected chi connectivity index (χ0v) is 33.0. The molecular formula is C35H49BrN4O2Si3. The number of nitrogens with one attached hydrogen (secondary N) is 2. The van der Waals surface area contributed by atoms with Crippen LogP contribution in [0.5, 0.6) is 0 Å². The Morgan fingerprint density at radius 3 is 1.67 bits per heavy atom. The predicted octanol–water partition coefficient (Wildman–Crippen LogP) is 10.1. The van der Waals surface area contributed by atoms with Crippen molar-refractivity contribution in [3.05, 3.63) is 62.6 Å². The van der Waals surface area contributed by atoms with Gasteiger partial charge in [-0.2, -0.15) is 0 Å². The first kappa shape index (κ1) is 34.0. The van der Waals surface area contributed by atoms with Crippen LogP contribution in [0.4, 0.5) is 0 Å². The summed E-state index contributed by atoms with van der Waals surface area (Å²) in [5.74, 6) is 0. The lowest BCUT2D eigenvalue weighted by molar-refractivity contribution is 0.405. The van der Waals surface area contributed by atoms with E-state index in [1.54, 1.807) is 0 Å². The van der Waals surface area contributed by atoms with Crippen molar-refractivity contribution in [1.82, 2.24) is 19.9 Å². The fourth-order valence-corrected chi connectivity index (χ4v) is 18.4. The lowest BCUT2D eigenvalue weighted by atomic mass is 10.1. The molecule has 8 bridgehead atoms. The van der Waals surface area contributed by atoms with E-state index >= 15 is 0 Å². The van der Waals surface area contributed by atoms with Crippen LogP contribution in [0, 0.1) is 0 Å². The van der Waals surface area contributed by atoms with Crippen molar-refractivity contribution in [1.29, 1.82) is 0 Å². The van der Waals surface area contributed by atoms with Crippen LogP contribution in [0.3, 0.4) is 0 Å². The second kappa shape index (κ2) is 13.4. The molecule has 0 fully saturated rings. The lowest BCUT2D eigenvalue weighted by Gasteiger charge is -2.38. The Bertz CT molecular complexity index is 1780. The number of aromatic amines is 2. The average molecular weight is 722 g/mol. The highest BCUT2D eigenvalue weighted by molar-refractivity contribution is 9.10. The molecule has 0 atom stereocenters. The van der Waals surface area contributed by atoms with Gasteiger partial charge >= 0.3 is 8.56 Å². The van der Waals surface area contributed by atoms with Crippen molar-refractivity contribution in [3.63, 3.8) is 0 Å². The maximum absolute atomic E-state index is 7.10. The average Bonchev–Trinajstić information content (AvgIpc) is 3.74. The quantitative estimate of drug-likeness (QED) is 0.133. The molecule has 3 aromatic heterocycles. The molecule has 0 saturated carbocycles. The summed E-state index contributed by atoms with van der Waals surface area (Å²) in [6, 6.07) is 8.94. The highest BCUT2D eigenvalue weighted by Crippen LogP contribution is 2.31. The number of aryl methyl sites for hydroxylation is 2. The number of halogens is 1. The largest absolute Gasteiger partial charge is 0.433 e. The third-order valence-electron chi connectivity index (χ3n) is 7.91. The molecule has 0 radical (unpaired) electrons. The van der Waals surface area contributed by atoms with Gasteiger partial charge in [0.15, 0.2) is 16.6 Å². The van der Waals surface area contributed by atoms with Gasteiger partial charge in [-0.15, -0.1) is 0 Å². The lowest BCUT2D eigenvalue weighted by Crippen LogP contribution is -2.60. The van der Waals surface area contributed by atoms with Gasteiger partial charge in [0.25, 0.3) is 0 Å². The number of H-pyrrole nitrogens is 2.